The lowest BCUT2D eigenvalue weighted by Gasteiger charge is -2.16. The highest BCUT2D eigenvalue weighted by molar-refractivity contribution is 4.68. The smallest absolute Gasteiger partial charge is 0.0760 e. The Hall–Kier alpha value is -0.900. The van der Waals surface area contributed by atoms with Gasteiger partial charge in [0.15, 0.2) is 0 Å². The van der Waals surface area contributed by atoms with Gasteiger partial charge in [-0.15, -0.1) is 0 Å². The first-order valence-corrected chi connectivity index (χ1v) is 4.33. The first-order valence-electron chi connectivity index (χ1n) is 4.33. The van der Waals surface area contributed by atoms with Gasteiger partial charge in [0.05, 0.1) is 18.9 Å². The van der Waals surface area contributed by atoms with E-state index in [1.807, 2.05) is 0 Å². The Morgan fingerprint density at radius 1 is 1.42 bits per heavy atom. The van der Waals surface area contributed by atoms with Crippen LogP contribution in [-0.4, -0.2) is 21.0 Å². The van der Waals surface area contributed by atoms with Crippen molar-refractivity contribution in [3.8, 4) is 0 Å². The van der Waals surface area contributed by atoms with Gasteiger partial charge in [-0.1, -0.05) is 20.3 Å². The zero-order chi connectivity index (χ0) is 8.97. The molecular weight excluding hydrogens is 152 g/mol. The molecule has 2 atom stereocenters. The summed E-state index contributed by atoms with van der Waals surface area (Å²) in [6, 6.07) is 0.155. The van der Waals surface area contributed by atoms with Crippen LogP contribution in [0.5, 0.6) is 0 Å². The Bertz CT molecular complexity index is 207. The molecule has 0 aliphatic rings. The predicted molar refractivity (Wildman–Crippen MR) is 47.5 cm³/mol. The lowest BCUT2D eigenvalue weighted by Crippen LogP contribution is -2.33. The number of nitrogens with zero attached hydrogens (tertiary/aromatic N) is 3. The Balaban J connectivity index is 2.41. The van der Waals surface area contributed by atoms with Gasteiger partial charge in [0.25, 0.3) is 0 Å². The van der Waals surface area contributed by atoms with E-state index in [0.29, 0.717) is 12.5 Å². The molecule has 0 unspecified atom stereocenters. The number of rotatable bonds is 4. The Labute approximate surface area is 72.8 Å². The van der Waals surface area contributed by atoms with Gasteiger partial charge in [-0.2, -0.15) is 15.0 Å². The molecule has 0 radical (unpaired) electrons. The molecule has 1 aromatic heterocycles. The largest absolute Gasteiger partial charge is 0.326 e. The normalized spacial score (nSPS) is 15.9. The number of hydrogen-bond acceptors (Lipinski definition) is 3. The second-order valence-electron chi connectivity index (χ2n) is 3.13. The Kier molecular flexibility index (Phi) is 3.22. The molecular formula is C8H16N4. The van der Waals surface area contributed by atoms with Gasteiger partial charge in [-0.25, -0.2) is 0 Å². The standard InChI is InChI=1S/C8H16N4/c1-3-7(2)8(9)6-12-10-4-5-11-12/h4-5,7-8H,3,6,9H2,1-2H3/t7-,8+/m1/s1. The van der Waals surface area contributed by atoms with E-state index < -0.39 is 0 Å². The van der Waals surface area contributed by atoms with E-state index in [1.165, 1.54) is 0 Å². The lowest BCUT2D eigenvalue weighted by molar-refractivity contribution is 0.361. The van der Waals surface area contributed by atoms with Crippen LogP contribution in [0.4, 0.5) is 0 Å². The van der Waals surface area contributed by atoms with Crippen molar-refractivity contribution < 1.29 is 0 Å². The molecule has 0 saturated heterocycles. The van der Waals surface area contributed by atoms with Crippen LogP contribution in [0, 0.1) is 5.92 Å². The summed E-state index contributed by atoms with van der Waals surface area (Å²) < 4.78 is 0. The third-order valence-corrected chi connectivity index (χ3v) is 2.22. The van der Waals surface area contributed by atoms with Gasteiger partial charge in [0.1, 0.15) is 0 Å². The first-order chi connectivity index (χ1) is 5.74. The van der Waals surface area contributed by atoms with E-state index in [0.717, 1.165) is 6.42 Å². The number of aromatic nitrogens is 3. The monoisotopic (exact) mass is 168 g/mol. The minimum atomic E-state index is 0.155. The van der Waals surface area contributed by atoms with Crippen LogP contribution < -0.4 is 5.73 Å². The van der Waals surface area contributed by atoms with Gasteiger partial charge < -0.3 is 5.73 Å². The fraction of sp³-hybridized carbons (Fsp3) is 0.750. The highest BCUT2D eigenvalue weighted by Gasteiger charge is 2.11. The van der Waals surface area contributed by atoms with Crippen molar-refractivity contribution in [3.05, 3.63) is 12.4 Å². The second kappa shape index (κ2) is 4.21. The summed E-state index contributed by atoms with van der Waals surface area (Å²) in [5.74, 6) is 0.524. The quantitative estimate of drug-likeness (QED) is 0.718. The van der Waals surface area contributed by atoms with E-state index >= 15 is 0 Å². The van der Waals surface area contributed by atoms with Crippen LogP contribution in [0.2, 0.25) is 0 Å². The van der Waals surface area contributed by atoms with Crippen LogP contribution in [0.3, 0.4) is 0 Å². The zero-order valence-electron chi connectivity index (χ0n) is 7.64. The molecule has 4 nitrogen and oxygen atoms in total. The van der Waals surface area contributed by atoms with Crippen molar-refractivity contribution in [2.45, 2.75) is 32.9 Å². The van der Waals surface area contributed by atoms with E-state index in [9.17, 15) is 0 Å². The van der Waals surface area contributed by atoms with Crippen LogP contribution >= 0.6 is 0 Å². The van der Waals surface area contributed by atoms with E-state index in [2.05, 4.69) is 24.0 Å². The van der Waals surface area contributed by atoms with Crippen molar-refractivity contribution in [3.63, 3.8) is 0 Å². The molecule has 0 aliphatic carbocycles. The van der Waals surface area contributed by atoms with Crippen LogP contribution in [0.25, 0.3) is 0 Å². The van der Waals surface area contributed by atoms with Gasteiger partial charge in [0.2, 0.25) is 0 Å². The highest BCUT2D eigenvalue weighted by Crippen LogP contribution is 2.05. The van der Waals surface area contributed by atoms with Crippen molar-refractivity contribution in [2.24, 2.45) is 11.7 Å². The van der Waals surface area contributed by atoms with Gasteiger partial charge in [-0.3, -0.25) is 0 Å². The van der Waals surface area contributed by atoms with Crippen LogP contribution in [-0.2, 0) is 6.54 Å². The van der Waals surface area contributed by atoms with Crippen molar-refractivity contribution >= 4 is 0 Å². The van der Waals surface area contributed by atoms with Crippen LogP contribution in [0.15, 0.2) is 12.4 Å². The fourth-order valence-corrected chi connectivity index (χ4v) is 1.01. The second-order valence-corrected chi connectivity index (χ2v) is 3.13. The average Bonchev–Trinajstić information content (AvgIpc) is 2.55. The average molecular weight is 168 g/mol. The minimum Gasteiger partial charge on any atom is -0.326 e. The SMILES string of the molecule is CC[C@@H](C)[C@@H](N)Cn1nccn1. The predicted octanol–water partition coefficient (Wildman–Crippen LogP) is 0.651. The maximum Gasteiger partial charge on any atom is 0.0760 e. The topological polar surface area (TPSA) is 56.7 Å². The van der Waals surface area contributed by atoms with Gasteiger partial charge >= 0.3 is 0 Å². The number of hydrogen-bond donors (Lipinski definition) is 1. The molecule has 68 valence electrons. The molecule has 1 aromatic rings. The molecule has 0 fully saturated rings. The highest BCUT2D eigenvalue weighted by atomic mass is 15.5. The van der Waals surface area contributed by atoms with E-state index in [-0.39, 0.29) is 6.04 Å². The van der Waals surface area contributed by atoms with Gasteiger partial charge in [-0.05, 0) is 5.92 Å². The lowest BCUT2D eigenvalue weighted by atomic mass is 10.0. The first kappa shape index (κ1) is 9.19. The third kappa shape index (κ3) is 2.30. The maximum absolute atomic E-state index is 5.92. The molecule has 0 amide bonds. The van der Waals surface area contributed by atoms with Crippen molar-refractivity contribution in [1.82, 2.24) is 15.0 Å². The Morgan fingerprint density at radius 3 is 2.50 bits per heavy atom. The maximum atomic E-state index is 5.92. The van der Waals surface area contributed by atoms with Crippen molar-refractivity contribution in [1.29, 1.82) is 0 Å². The zero-order valence-corrected chi connectivity index (χ0v) is 7.64. The molecule has 0 aromatic carbocycles. The summed E-state index contributed by atoms with van der Waals surface area (Å²) in [6.07, 6.45) is 4.44. The molecule has 1 heterocycles. The minimum absolute atomic E-state index is 0.155. The summed E-state index contributed by atoms with van der Waals surface area (Å²) >= 11 is 0. The molecule has 0 saturated carbocycles. The van der Waals surface area contributed by atoms with Gasteiger partial charge in [0, 0.05) is 6.04 Å². The molecule has 1 rings (SSSR count). The molecule has 0 aliphatic heterocycles. The third-order valence-electron chi connectivity index (χ3n) is 2.22. The molecule has 12 heavy (non-hydrogen) atoms. The molecule has 2 N–H and O–H groups in total. The summed E-state index contributed by atoms with van der Waals surface area (Å²) in [5, 5.41) is 8.00. The molecule has 4 heteroatoms. The Morgan fingerprint density at radius 2 is 2.00 bits per heavy atom. The van der Waals surface area contributed by atoms with E-state index in [1.54, 1.807) is 17.2 Å². The number of nitrogens with two attached hydrogens (primary N) is 1. The van der Waals surface area contributed by atoms with Crippen LogP contribution in [0.1, 0.15) is 20.3 Å². The summed E-state index contributed by atoms with van der Waals surface area (Å²) in [5.41, 5.74) is 5.92. The summed E-state index contributed by atoms with van der Waals surface area (Å²) in [6.45, 7) is 5.00. The molecule has 0 spiro atoms. The molecule has 0 bridgehead atoms. The fourth-order valence-electron chi connectivity index (χ4n) is 1.01. The summed E-state index contributed by atoms with van der Waals surface area (Å²) in [7, 11) is 0. The van der Waals surface area contributed by atoms with E-state index in [4.69, 9.17) is 5.73 Å². The van der Waals surface area contributed by atoms with Crippen molar-refractivity contribution in [2.75, 3.05) is 0 Å². The summed E-state index contributed by atoms with van der Waals surface area (Å²) in [4.78, 5) is 1.64.